The lowest BCUT2D eigenvalue weighted by Crippen LogP contribution is -2.60. The molecule has 0 radical (unpaired) electrons. The van der Waals surface area contributed by atoms with Crippen molar-refractivity contribution in [3.05, 3.63) is 88.4 Å². The summed E-state index contributed by atoms with van der Waals surface area (Å²) in [6, 6.07) is 9.42. The zero-order chi connectivity index (χ0) is 32.0. The predicted molar refractivity (Wildman–Crippen MR) is 151 cm³/mol. The number of hydrogen-bond donors (Lipinski definition) is 2. The number of hydrazine groups is 1. The Hall–Kier alpha value is -4.48. The van der Waals surface area contributed by atoms with Gasteiger partial charge >= 0.3 is 6.18 Å². The quantitative estimate of drug-likeness (QED) is 0.190. The zero-order valence-electron chi connectivity index (χ0n) is 23.3. The van der Waals surface area contributed by atoms with E-state index < -0.39 is 58.6 Å². The van der Waals surface area contributed by atoms with Crippen LogP contribution >= 0.6 is 11.8 Å². The van der Waals surface area contributed by atoms with Crippen molar-refractivity contribution in [2.24, 2.45) is 0 Å². The number of nitrogens with zero attached hydrogens (tertiary/aromatic N) is 4. The molecular formula is C30H24F5N5O3S. The number of carbonyl (C=O) groups excluding carboxylic acids is 2. The van der Waals surface area contributed by atoms with Gasteiger partial charge in [0.25, 0.3) is 11.8 Å². The van der Waals surface area contributed by atoms with E-state index >= 15 is 0 Å². The number of pyridine rings is 1. The van der Waals surface area contributed by atoms with E-state index in [1.165, 1.54) is 29.4 Å². The van der Waals surface area contributed by atoms with Gasteiger partial charge in [-0.15, -0.1) is 11.8 Å². The summed E-state index contributed by atoms with van der Waals surface area (Å²) >= 11 is 1.15. The standard InChI is InChI=1S/C30H24F5N5O3S/c1-29-9-4-10-40(29)39(15-16-5-3-6-20(31)25(16)32)28(43)24(26(29)41)27(42)38-21-8-7-18(30(33,34)35)12-19(21)17-11-23(44-2)22(13-36)37-14-17/h3,5-8,11-12,14,41H,4,9-10,15H2,1-2H3,(H,38,42). The third-order valence-corrected chi connectivity index (χ3v) is 8.50. The lowest BCUT2D eigenvalue weighted by Gasteiger charge is -2.46. The average Bonchev–Trinajstić information content (AvgIpc) is 3.39. The van der Waals surface area contributed by atoms with E-state index in [9.17, 15) is 41.9 Å². The number of amides is 2. The summed E-state index contributed by atoms with van der Waals surface area (Å²) in [4.78, 5) is 31.9. The molecule has 8 nitrogen and oxygen atoms in total. The summed E-state index contributed by atoms with van der Waals surface area (Å²) in [7, 11) is 0. The molecule has 0 saturated carbocycles. The lowest BCUT2D eigenvalue weighted by atomic mass is 9.90. The van der Waals surface area contributed by atoms with E-state index in [0.29, 0.717) is 17.7 Å². The van der Waals surface area contributed by atoms with Crippen LogP contribution in [0.15, 0.2) is 64.9 Å². The number of fused-ring (bicyclic) bond motifs is 1. The molecule has 0 aliphatic carbocycles. The van der Waals surface area contributed by atoms with Gasteiger partial charge in [0.2, 0.25) is 0 Å². The second-order valence-corrected chi connectivity index (χ2v) is 11.2. The van der Waals surface area contributed by atoms with Gasteiger partial charge in [0, 0.05) is 40.0 Å². The van der Waals surface area contributed by atoms with Crippen LogP contribution in [0.4, 0.5) is 27.6 Å². The molecule has 5 rings (SSSR count). The molecule has 1 atom stereocenters. The highest BCUT2D eigenvalue weighted by Crippen LogP contribution is 2.43. The normalized spacial score (nSPS) is 18.8. The van der Waals surface area contributed by atoms with E-state index in [4.69, 9.17) is 0 Å². The minimum absolute atomic E-state index is 0.0610. The number of nitriles is 1. The molecule has 0 spiro atoms. The number of aliphatic hydroxyl groups excluding tert-OH is 1. The van der Waals surface area contributed by atoms with Crippen molar-refractivity contribution in [2.75, 3.05) is 18.1 Å². The molecule has 228 valence electrons. The van der Waals surface area contributed by atoms with E-state index in [1.807, 2.05) is 6.07 Å². The first-order valence-electron chi connectivity index (χ1n) is 13.2. The Morgan fingerprint density at radius 2 is 1.98 bits per heavy atom. The second kappa shape index (κ2) is 11.5. The molecule has 3 heterocycles. The second-order valence-electron chi connectivity index (χ2n) is 10.4. The summed E-state index contributed by atoms with van der Waals surface area (Å²) in [6.07, 6.45) is -1.04. The van der Waals surface area contributed by atoms with Crippen molar-refractivity contribution < 1.29 is 36.6 Å². The van der Waals surface area contributed by atoms with Gasteiger partial charge in [0.15, 0.2) is 17.3 Å². The fourth-order valence-corrected chi connectivity index (χ4v) is 6.00. The number of halogens is 5. The van der Waals surface area contributed by atoms with Crippen LogP contribution in [-0.2, 0) is 22.3 Å². The highest BCUT2D eigenvalue weighted by atomic mass is 32.2. The van der Waals surface area contributed by atoms with Gasteiger partial charge in [-0.3, -0.25) is 14.6 Å². The van der Waals surface area contributed by atoms with E-state index in [2.05, 4.69) is 10.3 Å². The SMILES string of the molecule is CSc1cc(-c2cc(C(F)(F)F)ccc2NC(=O)C2=C(O)C3(C)CCCN3N(Cc3cccc(F)c3F)C2=O)cnc1C#N. The lowest BCUT2D eigenvalue weighted by molar-refractivity contribution is -0.160. The zero-order valence-corrected chi connectivity index (χ0v) is 24.1. The van der Waals surface area contributed by atoms with Gasteiger partial charge in [-0.2, -0.15) is 18.4 Å². The van der Waals surface area contributed by atoms with E-state index in [-0.39, 0.29) is 34.6 Å². The van der Waals surface area contributed by atoms with Gasteiger partial charge in [0.05, 0.1) is 17.6 Å². The highest BCUT2D eigenvalue weighted by molar-refractivity contribution is 7.98. The Kier molecular flexibility index (Phi) is 8.13. The van der Waals surface area contributed by atoms with Crippen LogP contribution in [0.5, 0.6) is 0 Å². The average molecular weight is 630 g/mol. The monoisotopic (exact) mass is 629 g/mol. The fourth-order valence-electron chi connectivity index (χ4n) is 5.46. The van der Waals surface area contributed by atoms with Crippen molar-refractivity contribution >= 4 is 29.3 Å². The molecule has 0 bridgehead atoms. The van der Waals surface area contributed by atoms with Crippen LogP contribution in [0.3, 0.4) is 0 Å². The number of rotatable bonds is 6. The van der Waals surface area contributed by atoms with Crippen LogP contribution in [-0.4, -0.2) is 50.3 Å². The van der Waals surface area contributed by atoms with E-state index in [1.54, 1.807) is 13.2 Å². The van der Waals surface area contributed by atoms with Crippen molar-refractivity contribution in [2.45, 2.75) is 42.9 Å². The predicted octanol–water partition coefficient (Wildman–Crippen LogP) is 6.20. The summed E-state index contributed by atoms with van der Waals surface area (Å²) < 4.78 is 69.6. The van der Waals surface area contributed by atoms with Crippen LogP contribution in [0.2, 0.25) is 0 Å². The van der Waals surface area contributed by atoms with Gasteiger partial charge in [-0.1, -0.05) is 12.1 Å². The number of nitrogens with one attached hydrogen (secondary N) is 1. The molecule has 2 aliphatic rings. The molecule has 1 saturated heterocycles. The van der Waals surface area contributed by atoms with Crippen LogP contribution in [0.25, 0.3) is 11.1 Å². The molecule has 2 aliphatic heterocycles. The molecule has 3 aromatic rings. The Morgan fingerprint density at radius 3 is 2.66 bits per heavy atom. The highest BCUT2D eigenvalue weighted by Gasteiger charge is 2.52. The summed E-state index contributed by atoms with van der Waals surface area (Å²) in [5.74, 6) is -4.95. The number of aromatic nitrogens is 1. The number of alkyl halides is 3. The molecule has 2 aromatic carbocycles. The smallest absolute Gasteiger partial charge is 0.416 e. The first-order chi connectivity index (χ1) is 20.8. The van der Waals surface area contributed by atoms with Gasteiger partial charge in [-0.05, 0) is 56.4 Å². The molecule has 44 heavy (non-hydrogen) atoms. The molecule has 1 aromatic heterocycles. The molecule has 2 amide bonds. The van der Waals surface area contributed by atoms with Crippen molar-refractivity contribution in [3.63, 3.8) is 0 Å². The van der Waals surface area contributed by atoms with Crippen LogP contribution < -0.4 is 5.32 Å². The van der Waals surface area contributed by atoms with Crippen molar-refractivity contribution in [1.82, 2.24) is 15.0 Å². The van der Waals surface area contributed by atoms with Crippen molar-refractivity contribution in [3.8, 4) is 17.2 Å². The molecule has 1 unspecified atom stereocenters. The summed E-state index contributed by atoms with van der Waals surface area (Å²) in [5, 5.41) is 25.6. The Bertz CT molecular complexity index is 1760. The Morgan fingerprint density at radius 1 is 1.23 bits per heavy atom. The third-order valence-electron chi connectivity index (χ3n) is 7.75. The third kappa shape index (κ3) is 5.37. The molecule has 14 heteroatoms. The van der Waals surface area contributed by atoms with Crippen LogP contribution in [0.1, 0.15) is 36.6 Å². The summed E-state index contributed by atoms with van der Waals surface area (Å²) in [6.45, 7) is 1.44. The maximum Gasteiger partial charge on any atom is 0.416 e. The Labute approximate surface area is 252 Å². The van der Waals surface area contributed by atoms with Gasteiger partial charge in [0.1, 0.15) is 17.4 Å². The molecule has 2 N–H and O–H groups in total. The van der Waals surface area contributed by atoms with Gasteiger partial charge in [-0.25, -0.2) is 18.8 Å². The Balaban J connectivity index is 1.57. The van der Waals surface area contributed by atoms with Crippen molar-refractivity contribution in [1.29, 1.82) is 5.26 Å². The largest absolute Gasteiger partial charge is 0.509 e. The topological polar surface area (TPSA) is 110 Å². The number of carbonyl (C=O) groups is 2. The number of hydrogen-bond acceptors (Lipinski definition) is 7. The van der Waals surface area contributed by atoms with Crippen LogP contribution in [0, 0.1) is 23.0 Å². The number of benzene rings is 2. The van der Waals surface area contributed by atoms with E-state index in [0.717, 1.165) is 41.0 Å². The number of aliphatic hydroxyl groups is 1. The maximum absolute atomic E-state index is 14.6. The molecular weight excluding hydrogens is 605 g/mol. The first-order valence-corrected chi connectivity index (χ1v) is 14.5. The number of anilines is 1. The van der Waals surface area contributed by atoms with Gasteiger partial charge < -0.3 is 10.4 Å². The minimum atomic E-state index is -4.73. The fraction of sp³-hybridized carbons (Fsp3) is 0.267. The number of thioether (sulfide) groups is 1. The molecule has 1 fully saturated rings. The maximum atomic E-state index is 14.6. The summed E-state index contributed by atoms with van der Waals surface area (Å²) in [5.41, 5.74) is -3.11. The minimum Gasteiger partial charge on any atom is -0.509 e. The first kappa shape index (κ1) is 31.0.